The average molecular weight is 407 g/mol. The molecule has 4 aliphatic rings. The molecule has 0 radical (unpaired) electrons. The summed E-state index contributed by atoms with van der Waals surface area (Å²) in [4.78, 5) is 23.9. The van der Waals surface area contributed by atoms with Crippen molar-refractivity contribution in [3.8, 4) is 0 Å². The maximum atomic E-state index is 12.1. The summed E-state index contributed by atoms with van der Waals surface area (Å²) in [5.41, 5.74) is -1.11. The lowest BCUT2D eigenvalue weighted by Gasteiger charge is -2.62. The van der Waals surface area contributed by atoms with E-state index in [1.54, 1.807) is 0 Å². The fraction of sp³-hybridized carbons (Fsp3) is 0.917. The van der Waals surface area contributed by atoms with Gasteiger partial charge in [-0.2, -0.15) is 0 Å². The standard InChI is InChI=1S/C24H38O5/c1-14(2)17-7-8-18-21(17,5)12-20(29-16(4)26)23(13-28-15(3)25)10-9-22(6,27)19-11-24(18,19)23/h14,17-20,27H,7-13H2,1-6H3/t17-,18-,19+,20+,21-,22-,23+,24-/m1/s1. The van der Waals surface area contributed by atoms with Crippen LogP contribution in [0.15, 0.2) is 0 Å². The summed E-state index contributed by atoms with van der Waals surface area (Å²) in [6.07, 6.45) is 5.26. The molecule has 0 unspecified atom stereocenters. The molecule has 1 spiro atoms. The molecule has 4 rings (SSSR count). The van der Waals surface area contributed by atoms with E-state index in [9.17, 15) is 14.7 Å². The average Bonchev–Trinajstić information content (AvgIpc) is 3.25. The third kappa shape index (κ3) is 2.75. The molecule has 0 aromatic heterocycles. The Morgan fingerprint density at radius 1 is 1.03 bits per heavy atom. The van der Waals surface area contributed by atoms with Crippen LogP contribution in [0.3, 0.4) is 0 Å². The van der Waals surface area contributed by atoms with Gasteiger partial charge in [0.2, 0.25) is 0 Å². The molecular formula is C24H38O5. The molecule has 0 heterocycles. The summed E-state index contributed by atoms with van der Waals surface area (Å²) in [7, 11) is 0. The van der Waals surface area contributed by atoms with E-state index < -0.39 is 5.60 Å². The molecule has 1 N–H and O–H groups in total. The highest BCUT2D eigenvalue weighted by Crippen LogP contribution is 2.84. The first-order valence-corrected chi connectivity index (χ1v) is 11.4. The van der Waals surface area contributed by atoms with E-state index in [2.05, 4.69) is 20.8 Å². The minimum atomic E-state index is -0.700. The zero-order chi connectivity index (χ0) is 21.4. The number of hydrogen-bond acceptors (Lipinski definition) is 5. The molecule has 0 aromatic carbocycles. The van der Waals surface area contributed by atoms with Crippen molar-refractivity contribution in [2.24, 2.45) is 39.9 Å². The third-order valence-electron chi connectivity index (χ3n) is 9.68. The predicted octanol–water partition coefficient (Wildman–Crippen LogP) is 4.11. The number of rotatable bonds is 4. The lowest BCUT2D eigenvalue weighted by atomic mass is 9.44. The second-order valence-corrected chi connectivity index (χ2v) is 11.4. The maximum Gasteiger partial charge on any atom is 0.302 e. The van der Waals surface area contributed by atoms with Crippen LogP contribution in [0, 0.1) is 39.9 Å². The minimum Gasteiger partial charge on any atom is -0.465 e. The Labute approximate surface area is 174 Å². The van der Waals surface area contributed by atoms with Crippen molar-refractivity contribution in [2.45, 2.75) is 91.8 Å². The summed E-state index contributed by atoms with van der Waals surface area (Å²) >= 11 is 0. The first kappa shape index (κ1) is 21.1. The molecule has 0 amide bonds. The van der Waals surface area contributed by atoms with Crippen LogP contribution in [0.4, 0.5) is 0 Å². The van der Waals surface area contributed by atoms with Crippen LogP contribution in [0.5, 0.6) is 0 Å². The van der Waals surface area contributed by atoms with E-state index in [0.717, 1.165) is 25.7 Å². The SMILES string of the molecule is CC(=O)OC[C@]12CC[C@@](C)(O)[C@@H]3C[C@@]31[C@@H]1CC[C@H](C(C)C)[C@@]1(C)C[C@@H]2OC(C)=O. The summed E-state index contributed by atoms with van der Waals surface area (Å²) < 4.78 is 11.7. The quantitative estimate of drug-likeness (QED) is 0.711. The van der Waals surface area contributed by atoms with E-state index in [1.165, 1.54) is 20.3 Å². The molecule has 4 aliphatic carbocycles. The number of aliphatic hydroxyl groups is 1. The topological polar surface area (TPSA) is 72.8 Å². The Hall–Kier alpha value is -1.10. The molecule has 0 bridgehead atoms. The van der Waals surface area contributed by atoms with Gasteiger partial charge in [0.1, 0.15) is 12.7 Å². The van der Waals surface area contributed by atoms with Crippen molar-refractivity contribution in [1.82, 2.24) is 0 Å². The van der Waals surface area contributed by atoms with Gasteiger partial charge in [-0.1, -0.05) is 20.8 Å². The Balaban J connectivity index is 1.84. The van der Waals surface area contributed by atoms with Crippen LogP contribution in [0.2, 0.25) is 0 Å². The fourth-order valence-electron chi connectivity index (χ4n) is 8.66. The van der Waals surface area contributed by atoms with Crippen LogP contribution in [0.25, 0.3) is 0 Å². The van der Waals surface area contributed by atoms with E-state index in [0.29, 0.717) is 30.8 Å². The first-order chi connectivity index (χ1) is 13.4. The van der Waals surface area contributed by atoms with Crippen molar-refractivity contribution in [3.63, 3.8) is 0 Å². The molecule has 5 nitrogen and oxygen atoms in total. The van der Waals surface area contributed by atoms with Crippen molar-refractivity contribution in [2.75, 3.05) is 6.61 Å². The molecule has 29 heavy (non-hydrogen) atoms. The van der Waals surface area contributed by atoms with Crippen molar-refractivity contribution < 1.29 is 24.2 Å². The van der Waals surface area contributed by atoms with Gasteiger partial charge in [-0.15, -0.1) is 0 Å². The first-order valence-electron chi connectivity index (χ1n) is 11.4. The van der Waals surface area contributed by atoms with Gasteiger partial charge in [-0.3, -0.25) is 9.59 Å². The van der Waals surface area contributed by atoms with Gasteiger partial charge in [0, 0.05) is 19.3 Å². The molecule has 5 heteroatoms. The molecule has 0 aromatic rings. The zero-order valence-electron chi connectivity index (χ0n) is 18.9. The van der Waals surface area contributed by atoms with E-state index in [1.807, 2.05) is 6.92 Å². The van der Waals surface area contributed by atoms with Crippen LogP contribution in [-0.2, 0) is 19.1 Å². The molecular weight excluding hydrogens is 368 g/mol. The van der Waals surface area contributed by atoms with Crippen LogP contribution >= 0.6 is 0 Å². The van der Waals surface area contributed by atoms with Gasteiger partial charge >= 0.3 is 11.9 Å². The van der Waals surface area contributed by atoms with Crippen molar-refractivity contribution in [1.29, 1.82) is 0 Å². The number of fused-ring (bicyclic) bond motifs is 1. The Morgan fingerprint density at radius 2 is 1.72 bits per heavy atom. The normalized spacial score (nSPS) is 50.3. The minimum absolute atomic E-state index is 0.0795. The Kier molecular flexibility index (Phi) is 4.70. The fourth-order valence-corrected chi connectivity index (χ4v) is 8.66. The van der Waals surface area contributed by atoms with Crippen molar-refractivity contribution >= 4 is 11.9 Å². The molecule has 8 atom stereocenters. The summed E-state index contributed by atoms with van der Waals surface area (Å²) in [6, 6.07) is 0. The smallest absolute Gasteiger partial charge is 0.302 e. The number of carbonyl (C=O) groups is 2. The Morgan fingerprint density at radius 3 is 2.31 bits per heavy atom. The number of esters is 2. The zero-order valence-corrected chi connectivity index (χ0v) is 18.9. The highest BCUT2D eigenvalue weighted by Gasteiger charge is 2.83. The lowest BCUT2D eigenvalue weighted by Crippen LogP contribution is -2.64. The highest BCUT2D eigenvalue weighted by molar-refractivity contribution is 5.67. The van der Waals surface area contributed by atoms with Gasteiger partial charge in [-0.25, -0.2) is 0 Å². The largest absolute Gasteiger partial charge is 0.465 e. The van der Waals surface area contributed by atoms with Gasteiger partial charge in [0.05, 0.1) is 5.60 Å². The van der Waals surface area contributed by atoms with Gasteiger partial charge in [0.15, 0.2) is 0 Å². The summed E-state index contributed by atoms with van der Waals surface area (Å²) in [6.45, 7) is 12.2. The van der Waals surface area contributed by atoms with Gasteiger partial charge in [-0.05, 0) is 80.0 Å². The summed E-state index contributed by atoms with van der Waals surface area (Å²) in [5, 5.41) is 11.2. The molecule has 4 fully saturated rings. The van der Waals surface area contributed by atoms with E-state index in [-0.39, 0.29) is 40.2 Å². The predicted molar refractivity (Wildman–Crippen MR) is 109 cm³/mol. The van der Waals surface area contributed by atoms with Crippen LogP contribution < -0.4 is 0 Å². The second kappa shape index (κ2) is 6.45. The number of hydrogen-bond donors (Lipinski definition) is 1. The van der Waals surface area contributed by atoms with E-state index in [4.69, 9.17) is 9.47 Å². The number of ether oxygens (including phenoxy) is 2. The van der Waals surface area contributed by atoms with Gasteiger partial charge < -0.3 is 14.6 Å². The molecule has 0 aliphatic heterocycles. The number of carbonyl (C=O) groups excluding carboxylic acids is 2. The van der Waals surface area contributed by atoms with Gasteiger partial charge in [0.25, 0.3) is 0 Å². The lowest BCUT2D eigenvalue weighted by molar-refractivity contribution is -0.228. The Bertz CT molecular complexity index is 714. The second-order valence-electron chi connectivity index (χ2n) is 11.4. The van der Waals surface area contributed by atoms with Crippen LogP contribution in [0.1, 0.15) is 80.1 Å². The van der Waals surface area contributed by atoms with E-state index >= 15 is 0 Å². The molecule has 4 saturated carbocycles. The highest BCUT2D eigenvalue weighted by atomic mass is 16.6. The maximum absolute atomic E-state index is 12.1. The molecule has 164 valence electrons. The molecule has 0 saturated heterocycles. The monoisotopic (exact) mass is 406 g/mol. The summed E-state index contributed by atoms with van der Waals surface area (Å²) in [5.74, 6) is 1.27. The van der Waals surface area contributed by atoms with Crippen molar-refractivity contribution in [3.05, 3.63) is 0 Å². The van der Waals surface area contributed by atoms with Crippen LogP contribution in [-0.4, -0.2) is 35.4 Å². The third-order valence-corrected chi connectivity index (χ3v) is 9.68.